The van der Waals surface area contributed by atoms with Gasteiger partial charge in [-0.3, -0.25) is 0 Å². The third-order valence-electron chi connectivity index (χ3n) is 3.70. The molecule has 136 valence electrons. The molecule has 0 saturated heterocycles. The van der Waals surface area contributed by atoms with Crippen LogP contribution in [0.5, 0.6) is 11.5 Å². The molecule has 2 aliphatic rings. The zero-order chi connectivity index (χ0) is 18.2. The summed E-state index contributed by atoms with van der Waals surface area (Å²) < 4.78 is 15.9. The molecule has 26 heavy (non-hydrogen) atoms. The Balaban J connectivity index is 0.000000152. The molecular formula is C20H22N2O4. The van der Waals surface area contributed by atoms with E-state index in [1.54, 1.807) is 24.3 Å². The molecule has 0 radical (unpaired) electrons. The number of benzene rings is 2. The van der Waals surface area contributed by atoms with Crippen molar-refractivity contribution in [1.82, 2.24) is 0 Å². The van der Waals surface area contributed by atoms with Crippen LogP contribution in [0, 0.1) is 0 Å². The van der Waals surface area contributed by atoms with Crippen LogP contribution in [0.25, 0.3) is 0 Å². The van der Waals surface area contributed by atoms with Gasteiger partial charge in [-0.15, -0.1) is 0 Å². The predicted octanol–water partition coefficient (Wildman–Crippen LogP) is 3.03. The molecule has 0 spiro atoms. The van der Waals surface area contributed by atoms with Crippen LogP contribution >= 0.6 is 0 Å². The quantitative estimate of drug-likeness (QED) is 0.916. The molecule has 0 amide bonds. The van der Waals surface area contributed by atoms with Gasteiger partial charge in [0, 0.05) is 11.1 Å². The first-order valence-corrected chi connectivity index (χ1v) is 8.63. The number of phenols is 1. The number of nitrogens with zero attached hydrogens (tertiary/aromatic N) is 2. The van der Waals surface area contributed by atoms with Gasteiger partial charge in [-0.1, -0.05) is 0 Å². The normalized spacial score (nSPS) is 15.1. The number of rotatable bonds is 4. The first-order chi connectivity index (χ1) is 12.8. The number of phenolic OH excluding ortho intramolecular Hbond substituents is 1. The van der Waals surface area contributed by atoms with Gasteiger partial charge in [0.15, 0.2) is 0 Å². The Morgan fingerprint density at radius 3 is 1.77 bits per heavy atom. The molecule has 2 aliphatic heterocycles. The largest absolute Gasteiger partial charge is 0.508 e. The van der Waals surface area contributed by atoms with E-state index in [4.69, 9.17) is 19.3 Å². The van der Waals surface area contributed by atoms with E-state index in [9.17, 15) is 0 Å². The molecule has 0 aromatic heterocycles. The van der Waals surface area contributed by atoms with Crippen LogP contribution in [0.4, 0.5) is 0 Å². The van der Waals surface area contributed by atoms with Gasteiger partial charge < -0.3 is 19.3 Å². The van der Waals surface area contributed by atoms with Crippen molar-refractivity contribution in [2.24, 2.45) is 9.98 Å². The number of ether oxygens (including phenoxy) is 3. The van der Waals surface area contributed by atoms with Crippen molar-refractivity contribution in [3.63, 3.8) is 0 Å². The molecule has 2 aromatic rings. The fourth-order valence-electron chi connectivity index (χ4n) is 2.48. The molecule has 0 saturated carbocycles. The van der Waals surface area contributed by atoms with Gasteiger partial charge >= 0.3 is 0 Å². The SMILES string of the molecule is CCOc1ccc(C2=NCCO2)cc1.Oc1ccc(C2=NCCO2)cc1. The van der Waals surface area contributed by atoms with Crippen LogP contribution in [0.2, 0.25) is 0 Å². The molecular weight excluding hydrogens is 332 g/mol. The van der Waals surface area contributed by atoms with E-state index < -0.39 is 0 Å². The maximum absolute atomic E-state index is 9.02. The Labute approximate surface area is 152 Å². The Bertz CT molecular complexity index is 767. The third-order valence-corrected chi connectivity index (χ3v) is 3.70. The van der Waals surface area contributed by atoms with Crippen molar-refractivity contribution >= 4 is 11.8 Å². The number of aliphatic imine (C=N–C) groups is 2. The monoisotopic (exact) mass is 354 g/mol. The maximum atomic E-state index is 9.02. The minimum Gasteiger partial charge on any atom is -0.508 e. The molecule has 0 aliphatic carbocycles. The molecule has 0 fully saturated rings. The van der Waals surface area contributed by atoms with Gasteiger partial charge in [0.2, 0.25) is 11.8 Å². The summed E-state index contributed by atoms with van der Waals surface area (Å²) in [5, 5.41) is 9.02. The lowest BCUT2D eigenvalue weighted by atomic mass is 10.2. The summed E-state index contributed by atoms with van der Waals surface area (Å²) in [4.78, 5) is 8.38. The van der Waals surface area contributed by atoms with E-state index in [2.05, 4.69) is 9.98 Å². The highest BCUT2D eigenvalue weighted by Gasteiger charge is 2.10. The second kappa shape index (κ2) is 8.89. The number of hydrogen-bond donors (Lipinski definition) is 1. The third kappa shape index (κ3) is 4.75. The number of aromatic hydroxyl groups is 1. The van der Waals surface area contributed by atoms with E-state index >= 15 is 0 Å². The van der Waals surface area contributed by atoms with Gasteiger partial charge in [-0.25, -0.2) is 9.98 Å². The van der Waals surface area contributed by atoms with Crippen LogP contribution < -0.4 is 4.74 Å². The van der Waals surface area contributed by atoms with Crippen molar-refractivity contribution in [1.29, 1.82) is 0 Å². The van der Waals surface area contributed by atoms with Crippen molar-refractivity contribution in [2.45, 2.75) is 6.92 Å². The van der Waals surface area contributed by atoms with Crippen LogP contribution in [0.3, 0.4) is 0 Å². The van der Waals surface area contributed by atoms with E-state index in [-0.39, 0.29) is 5.75 Å². The standard InChI is InChI=1S/C11H13NO2.C9H9NO2/c1-2-13-10-5-3-9(4-6-10)11-12-7-8-14-11;11-8-3-1-7(2-4-8)9-10-5-6-12-9/h3-6H,2,7-8H2,1H3;1-4,11H,5-6H2. The Morgan fingerprint density at radius 2 is 1.35 bits per heavy atom. The second-order valence-corrected chi connectivity index (χ2v) is 5.57. The molecule has 0 unspecified atom stereocenters. The second-order valence-electron chi connectivity index (χ2n) is 5.57. The summed E-state index contributed by atoms with van der Waals surface area (Å²) >= 11 is 0. The Morgan fingerprint density at radius 1 is 0.846 bits per heavy atom. The molecule has 1 N–H and O–H groups in total. The van der Waals surface area contributed by atoms with Gasteiger partial charge in [-0.05, 0) is 55.5 Å². The molecule has 6 nitrogen and oxygen atoms in total. The lowest BCUT2D eigenvalue weighted by molar-refractivity contribution is 0.339. The molecule has 0 atom stereocenters. The zero-order valence-corrected chi connectivity index (χ0v) is 14.7. The van der Waals surface area contributed by atoms with E-state index in [0.29, 0.717) is 25.7 Å². The molecule has 0 bridgehead atoms. The minimum atomic E-state index is 0.261. The van der Waals surface area contributed by atoms with Gasteiger partial charge in [0.25, 0.3) is 0 Å². The highest BCUT2D eigenvalue weighted by Crippen LogP contribution is 2.15. The summed E-state index contributed by atoms with van der Waals surface area (Å²) in [6.45, 7) is 5.52. The van der Waals surface area contributed by atoms with Crippen molar-refractivity contribution in [3.05, 3.63) is 59.7 Å². The Kier molecular flexibility index (Phi) is 6.09. The first kappa shape index (κ1) is 17.8. The molecule has 2 aromatic carbocycles. The molecule has 6 heteroatoms. The topological polar surface area (TPSA) is 72.6 Å². The summed E-state index contributed by atoms with van der Waals surface area (Å²) in [5.41, 5.74) is 1.94. The summed E-state index contributed by atoms with van der Waals surface area (Å²) in [5.74, 6) is 2.57. The molecule has 4 rings (SSSR count). The first-order valence-electron chi connectivity index (χ1n) is 8.63. The van der Waals surface area contributed by atoms with Crippen LogP contribution in [0.1, 0.15) is 18.1 Å². The van der Waals surface area contributed by atoms with E-state index in [1.165, 1.54) is 0 Å². The highest BCUT2D eigenvalue weighted by atomic mass is 16.5. The van der Waals surface area contributed by atoms with Crippen LogP contribution in [0.15, 0.2) is 58.5 Å². The predicted molar refractivity (Wildman–Crippen MR) is 100 cm³/mol. The molecule has 2 heterocycles. The zero-order valence-electron chi connectivity index (χ0n) is 14.7. The summed E-state index contributed by atoms with van der Waals surface area (Å²) in [6.07, 6.45) is 0. The summed E-state index contributed by atoms with van der Waals surface area (Å²) in [6, 6.07) is 14.6. The smallest absolute Gasteiger partial charge is 0.216 e. The van der Waals surface area contributed by atoms with E-state index in [1.807, 2.05) is 31.2 Å². The van der Waals surface area contributed by atoms with Crippen LogP contribution in [-0.4, -0.2) is 49.8 Å². The van der Waals surface area contributed by atoms with Crippen molar-refractivity contribution in [3.8, 4) is 11.5 Å². The van der Waals surface area contributed by atoms with Crippen molar-refractivity contribution in [2.75, 3.05) is 32.9 Å². The average Bonchev–Trinajstić information content (AvgIpc) is 3.38. The average molecular weight is 354 g/mol. The van der Waals surface area contributed by atoms with Crippen molar-refractivity contribution < 1.29 is 19.3 Å². The lowest BCUT2D eigenvalue weighted by Gasteiger charge is -2.04. The number of hydrogen-bond acceptors (Lipinski definition) is 6. The maximum Gasteiger partial charge on any atom is 0.216 e. The van der Waals surface area contributed by atoms with Crippen LogP contribution in [-0.2, 0) is 9.47 Å². The fraction of sp³-hybridized carbons (Fsp3) is 0.300. The fourth-order valence-corrected chi connectivity index (χ4v) is 2.48. The van der Waals surface area contributed by atoms with Gasteiger partial charge in [0.05, 0.1) is 19.7 Å². The van der Waals surface area contributed by atoms with Gasteiger partial charge in [0.1, 0.15) is 24.7 Å². The lowest BCUT2D eigenvalue weighted by Crippen LogP contribution is -2.00. The highest BCUT2D eigenvalue weighted by molar-refractivity contribution is 5.95. The van der Waals surface area contributed by atoms with Gasteiger partial charge in [-0.2, -0.15) is 0 Å². The minimum absolute atomic E-state index is 0.261. The summed E-state index contributed by atoms with van der Waals surface area (Å²) in [7, 11) is 0. The Hall–Kier alpha value is -3.02. The van der Waals surface area contributed by atoms with E-state index in [0.717, 1.165) is 35.9 Å².